The second-order valence-electron chi connectivity index (χ2n) is 0.0630. The molecule has 0 fully saturated rings. The van der Waals surface area contributed by atoms with E-state index in [1.54, 1.807) is 0 Å². The van der Waals surface area contributed by atoms with E-state index >= 15 is 0 Å². The van der Waals surface area contributed by atoms with Crippen molar-refractivity contribution in [3.05, 3.63) is 0 Å². The van der Waals surface area contributed by atoms with Gasteiger partial charge in [0.25, 0.3) is 0 Å². The minimum absolute atomic E-state index is 1.44. The molecule has 0 unspecified atom stereocenters. The van der Waals surface area contributed by atoms with Crippen LogP contribution in [0.5, 0.6) is 0 Å². The SMILES string of the molecule is [B]=O.[O]=[Mn]=[O]. The predicted molar refractivity (Wildman–Crippen MR) is 7.81 cm³/mol. The van der Waals surface area contributed by atoms with E-state index in [0.29, 0.717) is 0 Å². The van der Waals surface area contributed by atoms with Gasteiger partial charge < -0.3 is 0 Å². The van der Waals surface area contributed by atoms with Crippen molar-refractivity contribution < 1.29 is 27.2 Å². The zero-order valence-electron chi connectivity index (χ0n) is 2.18. The monoisotopic (exact) mass is 114 g/mol. The summed E-state index contributed by atoms with van der Waals surface area (Å²) in [5, 5.41) is 0. The zero-order valence-corrected chi connectivity index (χ0v) is 3.36. The van der Waals surface area contributed by atoms with Gasteiger partial charge in [-0.15, -0.1) is 0 Å². The normalized spacial score (nSPS) is 3.00. The van der Waals surface area contributed by atoms with E-state index in [2.05, 4.69) is 7.72 Å². The van der Waals surface area contributed by atoms with Crippen LogP contribution in [0.25, 0.3) is 0 Å². The second kappa shape index (κ2) is 36.6. The first-order valence-corrected chi connectivity index (χ1v) is 1.51. The standard InChI is InChI=1S/BO.Mn.2O/c1-2;;;. The van der Waals surface area contributed by atoms with Crippen LogP contribution >= 0.6 is 0 Å². The molecule has 0 aromatic heterocycles. The van der Waals surface area contributed by atoms with Crippen LogP contribution in [0.4, 0.5) is 0 Å². The number of hydrogen-bond acceptors (Lipinski definition) is 3. The van der Waals surface area contributed by atoms with Crippen LogP contribution in [0.15, 0.2) is 0 Å². The van der Waals surface area contributed by atoms with Crippen molar-refractivity contribution in [1.29, 1.82) is 0 Å². The molecule has 0 atom stereocenters. The van der Waals surface area contributed by atoms with Crippen LogP contribution in [0.1, 0.15) is 0 Å². The molecule has 0 N–H and O–H groups in total. The van der Waals surface area contributed by atoms with E-state index in [-0.39, 0.29) is 0 Å². The van der Waals surface area contributed by atoms with Crippen molar-refractivity contribution in [2.45, 2.75) is 0 Å². The Kier molecular flexibility index (Phi) is 65.1. The summed E-state index contributed by atoms with van der Waals surface area (Å²) in [5.41, 5.74) is 0. The van der Waals surface area contributed by atoms with Gasteiger partial charge in [0.15, 0.2) is 0 Å². The summed E-state index contributed by atoms with van der Waals surface area (Å²) in [6, 6.07) is 0. The van der Waals surface area contributed by atoms with Crippen LogP contribution in [-0.2, 0) is 27.2 Å². The van der Waals surface area contributed by atoms with Crippen molar-refractivity contribution in [2.75, 3.05) is 0 Å². The first-order chi connectivity index (χ1) is 2.41. The predicted octanol–water partition coefficient (Wildman–Crippen LogP) is -0.740. The van der Waals surface area contributed by atoms with Crippen molar-refractivity contribution >= 4 is 7.72 Å². The van der Waals surface area contributed by atoms with Gasteiger partial charge in [-0.25, -0.2) is 0 Å². The molecule has 0 saturated carbocycles. The summed E-state index contributed by atoms with van der Waals surface area (Å²) in [4.78, 5) is 0. The summed E-state index contributed by atoms with van der Waals surface area (Å²) in [7, 11) is 3.25. The molecule has 1 radical (unpaired) electrons. The van der Waals surface area contributed by atoms with Crippen molar-refractivity contribution in [1.82, 2.24) is 0 Å². The van der Waals surface area contributed by atoms with E-state index in [1.165, 1.54) is 0 Å². The average Bonchev–Trinajstić information content (AvgIpc) is 1.46. The van der Waals surface area contributed by atoms with Gasteiger partial charge >= 0.3 is 34.9 Å². The first-order valence-electron chi connectivity index (χ1n) is 0.544. The molecule has 0 bridgehead atoms. The van der Waals surface area contributed by atoms with Gasteiger partial charge in [-0.05, 0) is 0 Å². The Morgan fingerprint density at radius 2 is 1.20 bits per heavy atom. The molecule has 5 heavy (non-hydrogen) atoms. The van der Waals surface area contributed by atoms with Gasteiger partial charge in [0.2, 0.25) is 0 Å². The topological polar surface area (TPSA) is 51.2 Å². The molecule has 0 aliphatic heterocycles. The molecule has 0 rings (SSSR count). The van der Waals surface area contributed by atoms with Gasteiger partial charge in [0, 0.05) is 0 Å². The molecule has 0 aliphatic carbocycles. The number of rotatable bonds is 0. The van der Waals surface area contributed by atoms with Crippen molar-refractivity contribution in [3.8, 4) is 0 Å². The molecular weight excluding hydrogens is 114 g/mol. The van der Waals surface area contributed by atoms with Crippen LogP contribution in [-0.4, -0.2) is 7.72 Å². The molecule has 28 valence electrons. The molecule has 0 spiro atoms. The molecule has 0 amide bonds. The maximum atomic E-state index is 8.41. The zero-order chi connectivity index (χ0) is 4.71. The third-order valence-electron chi connectivity index (χ3n) is 0. The second-order valence-corrected chi connectivity index (χ2v) is 0.260. The summed E-state index contributed by atoms with van der Waals surface area (Å²) in [6.45, 7) is 0. The van der Waals surface area contributed by atoms with Gasteiger partial charge in [0.05, 0.1) is 0 Å². The van der Waals surface area contributed by atoms with E-state index in [0.717, 1.165) is 0 Å². The summed E-state index contributed by atoms with van der Waals surface area (Å²) >= 11 is -1.44. The Hall–Kier alpha value is -0.0156. The molecule has 0 saturated heterocycles. The molecule has 3 nitrogen and oxygen atoms in total. The van der Waals surface area contributed by atoms with Gasteiger partial charge in [0.1, 0.15) is 0 Å². The Bertz CT molecular complexity index is 36.2. The van der Waals surface area contributed by atoms with Crippen LogP contribution in [0, 0.1) is 0 Å². The van der Waals surface area contributed by atoms with Crippen molar-refractivity contribution in [3.63, 3.8) is 0 Å². The van der Waals surface area contributed by atoms with Crippen LogP contribution in [0.2, 0.25) is 0 Å². The third-order valence-corrected chi connectivity index (χ3v) is 0. The Morgan fingerprint density at radius 3 is 1.20 bits per heavy atom. The Balaban J connectivity index is 0. The quantitative estimate of drug-likeness (QED) is 0.389. The minimum atomic E-state index is -1.44. The fourth-order valence-electron chi connectivity index (χ4n) is 0. The van der Waals surface area contributed by atoms with E-state index in [1.807, 2.05) is 0 Å². The van der Waals surface area contributed by atoms with Crippen molar-refractivity contribution in [2.24, 2.45) is 0 Å². The summed E-state index contributed by atoms with van der Waals surface area (Å²) in [5.74, 6) is 0. The molecule has 0 aromatic carbocycles. The first kappa shape index (κ1) is 8.88. The third kappa shape index (κ3) is 64600. The van der Waals surface area contributed by atoms with Crippen LogP contribution < -0.4 is 0 Å². The van der Waals surface area contributed by atoms with Gasteiger partial charge in [-0.2, -0.15) is 0 Å². The van der Waals surface area contributed by atoms with E-state index in [4.69, 9.17) is 12.4 Å². The molecule has 0 aromatic rings. The van der Waals surface area contributed by atoms with E-state index < -0.39 is 14.8 Å². The summed E-state index contributed by atoms with van der Waals surface area (Å²) in [6.07, 6.45) is 0. The maximum absolute atomic E-state index is 8.41. The van der Waals surface area contributed by atoms with Gasteiger partial charge in [-0.3, -0.25) is 0 Å². The Labute approximate surface area is 35.7 Å². The average molecular weight is 114 g/mol. The molecular formula is BMnO3. The Morgan fingerprint density at radius 1 is 1.20 bits per heavy atom. The molecule has 0 aliphatic rings. The van der Waals surface area contributed by atoms with Gasteiger partial charge in [-0.1, -0.05) is 0 Å². The van der Waals surface area contributed by atoms with Crippen LogP contribution in [0.3, 0.4) is 0 Å². The van der Waals surface area contributed by atoms with E-state index in [9.17, 15) is 0 Å². The number of hydrogen-bond donors (Lipinski definition) is 0. The molecule has 5 heteroatoms. The molecule has 0 heterocycles. The fraction of sp³-hybridized carbons (Fsp3) is 0. The summed E-state index contributed by atoms with van der Waals surface area (Å²) < 4.78 is 24.6. The fourth-order valence-corrected chi connectivity index (χ4v) is 0.